The van der Waals surface area contributed by atoms with Gasteiger partial charge < -0.3 is 5.32 Å². The maximum Gasteiger partial charge on any atom is 0.141 e. The number of halogens is 1. The molecule has 1 atom stereocenters. The van der Waals surface area contributed by atoms with Gasteiger partial charge in [-0.3, -0.25) is 4.98 Å². The van der Waals surface area contributed by atoms with Gasteiger partial charge in [0.15, 0.2) is 0 Å². The van der Waals surface area contributed by atoms with Crippen molar-refractivity contribution in [1.82, 2.24) is 10.3 Å². The average Bonchev–Trinajstić information content (AvgIpc) is 1.83. The fourth-order valence-electron chi connectivity index (χ4n) is 1.19. The van der Waals surface area contributed by atoms with E-state index < -0.39 is 0 Å². The Hall–Kier alpha value is -0.960. The van der Waals surface area contributed by atoms with Gasteiger partial charge >= 0.3 is 0 Å². The minimum atomic E-state index is -0.254. The van der Waals surface area contributed by atoms with E-state index in [0.29, 0.717) is 6.04 Å². The van der Waals surface area contributed by atoms with Gasteiger partial charge in [0.2, 0.25) is 0 Å². The Morgan fingerprint density at radius 2 is 2.36 bits per heavy atom. The summed E-state index contributed by atoms with van der Waals surface area (Å²) in [4.78, 5) is 3.77. The molecule has 0 saturated carbocycles. The Kier molecular flexibility index (Phi) is 1.58. The third-order valence-electron chi connectivity index (χ3n) is 1.95. The third-order valence-corrected chi connectivity index (χ3v) is 1.95. The molecule has 1 N–H and O–H groups in total. The van der Waals surface area contributed by atoms with Crippen LogP contribution in [0.3, 0.4) is 0 Å². The van der Waals surface area contributed by atoms with Gasteiger partial charge in [0, 0.05) is 12.2 Å². The van der Waals surface area contributed by atoms with Gasteiger partial charge in [0.25, 0.3) is 0 Å². The first-order valence-corrected chi connectivity index (χ1v) is 3.70. The van der Waals surface area contributed by atoms with Crippen LogP contribution in [0.2, 0.25) is 0 Å². The predicted octanol–water partition coefficient (Wildman–Crippen LogP) is 1.26. The number of rotatable bonds is 1. The molecule has 1 aromatic heterocycles. The number of hydrogen-bond acceptors (Lipinski definition) is 2. The second-order valence-electron chi connectivity index (χ2n) is 2.73. The van der Waals surface area contributed by atoms with Crippen molar-refractivity contribution >= 4 is 0 Å². The Morgan fingerprint density at radius 3 is 2.91 bits per heavy atom. The third kappa shape index (κ3) is 1.24. The molecule has 2 nitrogen and oxygen atoms in total. The second kappa shape index (κ2) is 2.58. The summed E-state index contributed by atoms with van der Waals surface area (Å²) in [6, 6.07) is 1.86. The molecule has 58 valence electrons. The fourth-order valence-corrected chi connectivity index (χ4v) is 1.19. The number of aromatic nitrogens is 1. The van der Waals surface area contributed by atoms with Gasteiger partial charge in [-0.1, -0.05) is 0 Å². The predicted molar refractivity (Wildman–Crippen MR) is 39.6 cm³/mol. The number of nitrogens with zero attached hydrogens (tertiary/aromatic N) is 1. The van der Waals surface area contributed by atoms with Crippen LogP contribution in [0, 0.1) is 5.82 Å². The molecule has 2 heterocycles. The molecule has 1 aliphatic heterocycles. The molecule has 1 aliphatic rings. The highest BCUT2D eigenvalue weighted by Crippen LogP contribution is 2.21. The standard InChI is InChI=1S/C8H9FN2/c9-7-3-6(4-10-5-7)8-1-2-11-8/h3-5,8,11H,1-2H2. The lowest BCUT2D eigenvalue weighted by Gasteiger charge is -2.27. The van der Waals surface area contributed by atoms with Crippen LogP contribution in [0.1, 0.15) is 18.0 Å². The first-order valence-electron chi connectivity index (χ1n) is 3.70. The summed E-state index contributed by atoms with van der Waals surface area (Å²) >= 11 is 0. The topological polar surface area (TPSA) is 24.9 Å². The maximum atomic E-state index is 12.6. The van der Waals surface area contributed by atoms with Crippen molar-refractivity contribution in [3.8, 4) is 0 Å². The van der Waals surface area contributed by atoms with Crippen LogP contribution in [0.4, 0.5) is 4.39 Å². The molecule has 3 heteroatoms. The van der Waals surface area contributed by atoms with E-state index in [-0.39, 0.29) is 5.82 Å². The van der Waals surface area contributed by atoms with Crippen molar-refractivity contribution < 1.29 is 4.39 Å². The van der Waals surface area contributed by atoms with E-state index in [9.17, 15) is 4.39 Å². The van der Waals surface area contributed by atoms with Crippen LogP contribution in [-0.2, 0) is 0 Å². The van der Waals surface area contributed by atoms with Crippen molar-refractivity contribution in [3.63, 3.8) is 0 Å². The van der Waals surface area contributed by atoms with Gasteiger partial charge in [-0.2, -0.15) is 0 Å². The highest BCUT2D eigenvalue weighted by Gasteiger charge is 2.18. The van der Waals surface area contributed by atoms with Crippen molar-refractivity contribution in [2.24, 2.45) is 0 Å². The zero-order valence-corrected chi connectivity index (χ0v) is 6.05. The molecule has 1 unspecified atom stereocenters. The molecule has 0 bridgehead atoms. The van der Waals surface area contributed by atoms with Gasteiger partial charge in [-0.25, -0.2) is 4.39 Å². The summed E-state index contributed by atoms with van der Waals surface area (Å²) in [7, 11) is 0. The number of hydrogen-bond donors (Lipinski definition) is 1. The van der Waals surface area contributed by atoms with E-state index in [2.05, 4.69) is 10.3 Å². The van der Waals surface area contributed by atoms with Crippen LogP contribution < -0.4 is 5.32 Å². The molecule has 0 spiro atoms. The second-order valence-corrected chi connectivity index (χ2v) is 2.73. The zero-order valence-electron chi connectivity index (χ0n) is 6.05. The molecule has 1 aromatic rings. The Balaban J connectivity index is 2.23. The Labute approximate surface area is 64.5 Å². The summed E-state index contributed by atoms with van der Waals surface area (Å²) in [5, 5.41) is 3.18. The number of nitrogens with one attached hydrogen (secondary N) is 1. The maximum absolute atomic E-state index is 12.6. The number of pyridine rings is 1. The van der Waals surface area contributed by atoms with Crippen LogP contribution in [0.5, 0.6) is 0 Å². The highest BCUT2D eigenvalue weighted by atomic mass is 19.1. The first-order chi connectivity index (χ1) is 5.36. The normalized spacial score (nSPS) is 22.8. The molecule has 0 aliphatic carbocycles. The minimum Gasteiger partial charge on any atom is -0.310 e. The van der Waals surface area contributed by atoms with E-state index in [0.717, 1.165) is 18.5 Å². The molecular weight excluding hydrogens is 143 g/mol. The van der Waals surface area contributed by atoms with E-state index in [4.69, 9.17) is 0 Å². The van der Waals surface area contributed by atoms with Crippen molar-refractivity contribution in [2.75, 3.05) is 6.54 Å². The summed E-state index contributed by atoms with van der Waals surface area (Å²) in [6.45, 7) is 1.03. The quantitative estimate of drug-likeness (QED) is 0.655. The van der Waals surface area contributed by atoms with E-state index in [1.54, 1.807) is 6.20 Å². The molecule has 11 heavy (non-hydrogen) atoms. The lowest BCUT2D eigenvalue weighted by molar-refractivity contribution is 0.381. The molecule has 0 radical (unpaired) electrons. The fraction of sp³-hybridized carbons (Fsp3) is 0.375. The molecule has 0 aromatic carbocycles. The zero-order chi connectivity index (χ0) is 7.68. The summed E-state index contributed by atoms with van der Waals surface area (Å²) in [5.74, 6) is -0.254. The van der Waals surface area contributed by atoms with Crippen LogP contribution in [0.15, 0.2) is 18.5 Å². The monoisotopic (exact) mass is 152 g/mol. The highest BCUT2D eigenvalue weighted by molar-refractivity contribution is 5.17. The minimum absolute atomic E-state index is 0.254. The molecule has 2 rings (SSSR count). The average molecular weight is 152 g/mol. The first kappa shape index (κ1) is 6.73. The SMILES string of the molecule is Fc1cncc(C2CCN2)c1. The Bertz CT molecular complexity index is 258. The summed E-state index contributed by atoms with van der Waals surface area (Å²) in [6.07, 6.45) is 4.02. The van der Waals surface area contributed by atoms with Crippen molar-refractivity contribution in [2.45, 2.75) is 12.5 Å². The molecule has 1 fully saturated rings. The summed E-state index contributed by atoms with van der Waals surface area (Å²) < 4.78 is 12.6. The van der Waals surface area contributed by atoms with Crippen LogP contribution in [-0.4, -0.2) is 11.5 Å². The van der Waals surface area contributed by atoms with E-state index in [1.165, 1.54) is 12.3 Å². The lowest BCUT2D eigenvalue weighted by atomic mass is 10.00. The summed E-state index contributed by atoms with van der Waals surface area (Å²) in [5.41, 5.74) is 0.955. The molecule has 1 saturated heterocycles. The van der Waals surface area contributed by atoms with Crippen LogP contribution in [0.25, 0.3) is 0 Å². The molecular formula is C8H9FN2. The smallest absolute Gasteiger partial charge is 0.141 e. The van der Waals surface area contributed by atoms with Gasteiger partial charge in [0.1, 0.15) is 5.82 Å². The van der Waals surface area contributed by atoms with Gasteiger partial charge in [-0.15, -0.1) is 0 Å². The largest absolute Gasteiger partial charge is 0.310 e. The van der Waals surface area contributed by atoms with Gasteiger partial charge in [-0.05, 0) is 24.6 Å². The van der Waals surface area contributed by atoms with Gasteiger partial charge in [0.05, 0.1) is 6.20 Å². The lowest BCUT2D eigenvalue weighted by Crippen LogP contribution is -2.35. The van der Waals surface area contributed by atoms with Crippen LogP contribution >= 0.6 is 0 Å². The van der Waals surface area contributed by atoms with E-state index >= 15 is 0 Å². The van der Waals surface area contributed by atoms with E-state index in [1.807, 2.05) is 0 Å². The Morgan fingerprint density at radius 1 is 1.55 bits per heavy atom. The van der Waals surface area contributed by atoms with Crippen molar-refractivity contribution in [1.29, 1.82) is 0 Å². The molecule has 0 amide bonds. The van der Waals surface area contributed by atoms with Crippen molar-refractivity contribution in [3.05, 3.63) is 29.8 Å².